The smallest absolute Gasteiger partial charge is 0.235 e. The molecule has 57 heavy (non-hydrogen) atoms. The summed E-state index contributed by atoms with van der Waals surface area (Å²) in [5.74, 6) is 0.687. The summed E-state index contributed by atoms with van der Waals surface area (Å²) in [5, 5.41) is 7.31. The first-order chi connectivity index (χ1) is 28.0. The van der Waals surface area contributed by atoms with E-state index < -0.39 is 0 Å². The fourth-order valence-electron chi connectivity index (χ4n) is 9.53. The molecule has 0 atom stereocenters. The van der Waals surface area contributed by atoms with E-state index in [4.69, 9.17) is 9.97 Å². The average Bonchev–Trinajstić information content (AvgIpc) is 3.85. The van der Waals surface area contributed by atoms with Crippen molar-refractivity contribution in [3.8, 4) is 45.1 Å². The first-order valence-electron chi connectivity index (χ1n) is 19.7. The molecule has 3 heterocycles. The van der Waals surface area contributed by atoms with E-state index in [9.17, 15) is 0 Å². The maximum absolute atomic E-state index is 5.56. The average molecular weight is 729 g/mol. The third-order valence-electron chi connectivity index (χ3n) is 12.3. The van der Waals surface area contributed by atoms with Gasteiger partial charge in [0.25, 0.3) is 0 Å². The van der Waals surface area contributed by atoms with Crippen molar-refractivity contribution in [3.05, 3.63) is 193 Å². The molecular weight excluding hydrogens is 693 g/mol. The van der Waals surface area contributed by atoms with Crippen LogP contribution in [-0.2, 0) is 5.41 Å². The lowest BCUT2D eigenvalue weighted by Gasteiger charge is -2.21. The number of rotatable bonds is 4. The second-order valence-corrected chi connectivity index (χ2v) is 15.8. The van der Waals surface area contributed by atoms with E-state index in [1.54, 1.807) is 0 Å². The standard InChI is InChI=1S/C53H36N4/c1-53(2)44-32-35-18-10-9-17-34(35)31-43(44)49-50(33-15-5-3-6-16-33)54-52(55-51(49)53)57-46-24-14-12-22-40(46)42-30-37(26-28-48(42)57)36-25-27-47-41(29-36)39-21-11-13-23-45(39)56(47)38-19-7-4-8-20-38/h3-32H,1-2H3. The summed E-state index contributed by atoms with van der Waals surface area (Å²) < 4.78 is 4.64. The highest BCUT2D eigenvalue weighted by atomic mass is 15.2. The molecule has 11 aromatic rings. The Kier molecular flexibility index (Phi) is 6.65. The molecule has 0 aliphatic heterocycles. The fraction of sp³-hybridized carbons (Fsp3) is 0.0566. The second kappa shape index (κ2) is 11.8. The number of hydrogen-bond donors (Lipinski definition) is 0. The van der Waals surface area contributed by atoms with Crippen LogP contribution in [0.2, 0.25) is 0 Å². The summed E-state index contributed by atoms with van der Waals surface area (Å²) >= 11 is 0. The Bertz CT molecular complexity index is 3420. The van der Waals surface area contributed by atoms with Crippen molar-refractivity contribution in [2.45, 2.75) is 19.3 Å². The van der Waals surface area contributed by atoms with Crippen LogP contribution in [0.1, 0.15) is 25.1 Å². The molecule has 4 heteroatoms. The van der Waals surface area contributed by atoms with Gasteiger partial charge in [-0.2, -0.15) is 0 Å². The molecular formula is C53H36N4. The minimum absolute atomic E-state index is 0.329. The zero-order chi connectivity index (χ0) is 37.8. The molecule has 0 unspecified atom stereocenters. The molecule has 0 amide bonds. The van der Waals surface area contributed by atoms with Crippen LogP contribution in [0.15, 0.2) is 182 Å². The molecule has 0 radical (unpaired) electrons. The Morgan fingerprint density at radius 3 is 1.61 bits per heavy atom. The number of hydrogen-bond acceptors (Lipinski definition) is 2. The zero-order valence-corrected chi connectivity index (χ0v) is 31.6. The monoisotopic (exact) mass is 728 g/mol. The third kappa shape index (κ3) is 4.62. The lowest BCUT2D eigenvalue weighted by Crippen LogP contribution is -2.18. The normalized spacial score (nSPS) is 13.2. The van der Waals surface area contributed by atoms with Crippen LogP contribution in [-0.4, -0.2) is 19.1 Å². The van der Waals surface area contributed by atoms with E-state index in [2.05, 4.69) is 205 Å². The SMILES string of the molecule is CC1(C)c2cc3ccccc3cc2-c2c(-c3ccccc3)nc(-n3c4ccccc4c4cc(-c5ccc6c(c5)c5ccccc5n6-c5ccccc5)ccc43)nc21. The van der Waals surface area contributed by atoms with Crippen LogP contribution >= 0.6 is 0 Å². The van der Waals surface area contributed by atoms with Gasteiger partial charge in [-0.05, 0) is 93.7 Å². The van der Waals surface area contributed by atoms with E-state index in [1.807, 2.05) is 0 Å². The first kappa shape index (κ1) is 32.0. The van der Waals surface area contributed by atoms with Gasteiger partial charge in [0.1, 0.15) is 0 Å². The quantitative estimate of drug-likeness (QED) is 0.181. The Labute approximate surface area is 329 Å². The third-order valence-corrected chi connectivity index (χ3v) is 12.3. The van der Waals surface area contributed by atoms with Gasteiger partial charge in [-0.1, -0.05) is 135 Å². The summed E-state index contributed by atoms with van der Waals surface area (Å²) in [6.07, 6.45) is 0. The van der Waals surface area contributed by atoms with Crippen LogP contribution in [0.3, 0.4) is 0 Å². The molecule has 4 nitrogen and oxygen atoms in total. The van der Waals surface area contributed by atoms with Gasteiger partial charge in [0.05, 0.1) is 33.5 Å². The van der Waals surface area contributed by atoms with Crippen molar-refractivity contribution in [3.63, 3.8) is 0 Å². The highest BCUT2D eigenvalue weighted by Gasteiger charge is 2.40. The summed E-state index contributed by atoms with van der Waals surface area (Å²) in [4.78, 5) is 11.1. The number of benzene rings is 8. The van der Waals surface area contributed by atoms with Crippen LogP contribution in [0.5, 0.6) is 0 Å². The highest BCUT2D eigenvalue weighted by Crippen LogP contribution is 2.52. The number of aromatic nitrogens is 4. The van der Waals surface area contributed by atoms with Gasteiger partial charge < -0.3 is 4.57 Å². The van der Waals surface area contributed by atoms with Gasteiger partial charge in [0.15, 0.2) is 0 Å². The minimum atomic E-state index is -0.329. The number of fused-ring (bicyclic) bond motifs is 10. The molecule has 0 N–H and O–H groups in total. The molecule has 1 aliphatic rings. The minimum Gasteiger partial charge on any atom is -0.309 e. The van der Waals surface area contributed by atoms with Crippen molar-refractivity contribution >= 4 is 54.4 Å². The van der Waals surface area contributed by atoms with E-state index in [-0.39, 0.29) is 5.41 Å². The van der Waals surface area contributed by atoms with Crippen LogP contribution < -0.4 is 0 Å². The predicted octanol–water partition coefficient (Wildman–Crippen LogP) is 13.5. The van der Waals surface area contributed by atoms with Crippen LogP contribution in [0, 0.1) is 0 Å². The van der Waals surface area contributed by atoms with E-state index in [0.717, 1.165) is 39.2 Å². The number of para-hydroxylation sites is 3. The zero-order valence-electron chi connectivity index (χ0n) is 31.6. The molecule has 1 aliphatic carbocycles. The Balaban J connectivity index is 1.07. The van der Waals surface area contributed by atoms with Gasteiger partial charge in [-0.15, -0.1) is 0 Å². The molecule has 268 valence electrons. The Morgan fingerprint density at radius 1 is 0.421 bits per heavy atom. The van der Waals surface area contributed by atoms with E-state index >= 15 is 0 Å². The van der Waals surface area contributed by atoms with Gasteiger partial charge in [0.2, 0.25) is 5.95 Å². The van der Waals surface area contributed by atoms with Crippen LogP contribution in [0.4, 0.5) is 0 Å². The Hall–Kier alpha value is -7.30. The van der Waals surface area contributed by atoms with Crippen molar-refractivity contribution < 1.29 is 0 Å². The van der Waals surface area contributed by atoms with Crippen molar-refractivity contribution in [1.82, 2.24) is 19.1 Å². The molecule has 0 bridgehead atoms. The summed E-state index contributed by atoms with van der Waals surface area (Å²) in [5.41, 5.74) is 14.5. The van der Waals surface area contributed by atoms with Gasteiger partial charge >= 0.3 is 0 Å². The molecule has 0 spiro atoms. The summed E-state index contributed by atoms with van der Waals surface area (Å²) in [6.45, 7) is 4.62. The van der Waals surface area contributed by atoms with Crippen molar-refractivity contribution in [1.29, 1.82) is 0 Å². The second-order valence-electron chi connectivity index (χ2n) is 15.8. The first-order valence-corrected chi connectivity index (χ1v) is 19.7. The van der Waals surface area contributed by atoms with Crippen molar-refractivity contribution in [2.24, 2.45) is 0 Å². The van der Waals surface area contributed by atoms with Crippen LogP contribution in [0.25, 0.3) is 99.5 Å². The van der Waals surface area contributed by atoms with Gasteiger partial charge in [-0.25, -0.2) is 9.97 Å². The largest absolute Gasteiger partial charge is 0.309 e. The highest BCUT2D eigenvalue weighted by molar-refractivity contribution is 6.12. The molecule has 3 aromatic heterocycles. The van der Waals surface area contributed by atoms with E-state index in [0.29, 0.717) is 5.95 Å². The summed E-state index contributed by atoms with van der Waals surface area (Å²) in [6, 6.07) is 65.7. The maximum atomic E-state index is 5.56. The lowest BCUT2D eigenvalue weighted by atomic mass is 9.84. The van der Waals surface area contributed by atoms with Crippen molar-refractivity contribution in [2.75, 3.05) is 0 Å². The van der Waals surface area contributed by atoms with E-state index in [1.165, 1.54) is 65.6 Å². The topological polar surface area (TPSA) is 35.6 Å². The maximum Gasteiger partial charge on any atom is 0.235 e. The lowest BCUT2D eigenvalue weighted by molar-refractivity contribution is 0.633. The molecule has 0 saturated carbocycles. The van der Waals surface area contributed by atoms with Gasteiger partial charge in [0, 0.05) is 43.8 Å². The summed E-state index contributed by atoms with van der Waals surface area (Å²) in [7, 11) is 0. The molecule has 0 fully saturated rings. The molecule has 0 saturated heterocycles. The fourth-order valence-corrected chi connectivity index (χ4v) is 9.53. The molecule has 8 aromatic carbocycles. The number of nitrogens with zero attached hydrogens (tertiary/aromatic N) is 4. The Morgan fingerprint density at radius 2 is 0.947 bits per heavy atom. The molecule has 12 rings (SSSR count). The van der Waals surface area contributed by atoms with Gasteiger partial charge in [-0.3, -0.25) is 4.57 Å². The predicted molar refractivity (Wildman–Crippen MR) is 237 cm³/mol.